The minimum absolute atomic E-state index is 0.170. The molecule has 0 fully saturated rings. The van der Waals surface area contributed by atoms with Gasteiger partial charge in [0, 0.05) is 17.1 Å². The van der Waals surface area contributed by atoms with Gasteiger partial charge in [0.25, 0.3) is 0 Å². The third-order valence-electron chi connectivity index (χ3n) is 3.10. The van der Waals surface area contributed by atoms with Crippen LogP contribution in [0.4, 0.5) is 24.7 Å². The lowest BCUT2D eigenvalue weighted by Gasteiger charge is -2.08. The molecule has 0 radical (unpaired) electrons. The van der Waals surface area contributed by atoms with E-state index in [1.54, 1.807) is 18.2 Å². The minimum atomic E-state index is -4.49. The molecule has 0 aliphatic rings. The van der Waals surface area contributed by atoms with Crippen LogP contribution in [-0.4, -0.2) is 15.0 Å². The predicted molar refractivity (Wildman–Crippen MR) is 76.6 cm³/mol. The number of rotatable bonds is 1. The molecule has 22 heavy (non-hydrogen) atoms. The van der Waals surface area contributed by atoms with Crippen molar-refractivity contribution < 1.29 is 13.2 Å². The molecule has 8 heteroatoms. The average molecular weight is 305 g/mol. The van der Waals surface area contributed by atoms with Crippen LogP contribution in [0.2, 0.25) is 0 Å². The average Bonchev–Trinajstić information content (AvgIpc) is 2.47. The zero-order valence-corrected chi connectivity index (χ0v) is 11.1. The maximum Gasteiger partial charge on any atom is 0.433 e. The van der Waals surface area contributed by atoms with Crippen molar-refractivity contribution in [3.63, 3.8) is 0 Å². The van der Waals surface area contributed by atoms with Crippen LogP contribution in [0.1, 0.15) is 5.69 Å². The Hall–Kier alpha value is -2.90. The molecule has 0 spiro atoms. The molecule has 0 atom stereocenters. The van der Waals surface area contributed by atoms with Crippen LogP contribution in [0.25, 0.3) is 22.3 Å². The van der Waals surface area contributed by atoms with E-state index in [1.807, 2.05) is 0 Å². The van der Waals surface area contributed by atoms with Crippen LogP contribution in [0.3, 0.4) is 0 Å². The van der Waals surface area contributed by atoms with Crippen molar-refractivity contribution in [3.8, 4) is 11.4 Å². The van der Waals surface area contributed by atoms with E-state index in [9.17, 15) is 13.2 Å². The fourth-order valence-electron chi connectivity index (χ4n) is 2.02. The highest BCUT2D eigenvalue weighted by Gasteiger charge is 2.32. The first-order valence-electron chi connectivity index (χ1n) is 6.21. The number of hydrogen-bond acceptors (Lipinski definition) is 5. The second-order valence-electron chi connectivity index (χ2n) is 4.61. The third kappa shape index (κ3) is 2.39. The van der Waals surface area contributed by atoms with E-state index in [0.29, 0.717) is 22.2 Å². The van der Waals surface area contributed by atoms with Gasteiger partial charge in [-0.25, -0.2) is 9.97 Å². The van der Waals surface area contributed by atoms with Gasteiger partial charge in [-0.05, 0) is 24.3 Å². The van der Waals surface area contributed by atoms with Gasteiger partial charge in [-0.1, -0.05) is 6.07 Å². The highest BCUT2D eigenvalue weighted by Crippen LogP contribution is 2.30. The standard InChI is InChI=1S/C14H10F3N5/c15-14(16,17)10-5-4-7(6-20-10)13-21-11-8(12(19)22-13)2-1-3-9(11)18/h1-6H,18H2,(H2,19,21,22). The van der Waals surface area contributed by atoms with Crippen LogP contribution < -0.4 is 11.5 Å². The highest BCUT2D eigenvalue weighted by atomic mass is 19.4. The molecule has 0 saturated carbocycles. The summed E-state index contributed by atoms with van der Waals surface area (Å²) in [7, 11) is 0. The molecule has 0 saturated heterocycles. The molecule has 0 bridgehead atoms. The second-order valence-corrected chi connectivity index (χ2v) is 4.61. The predicted octanol–water partition coefficient (Wildman–Crippen LogP) is 2.88. The van der Waals surface area contributed by atoms with Gasteiger partial charge >= 0.3 is 6.18 Å². The fraction of sp³-hybridized carbons (Fsp3) is 0.0714. The molecule has 0 aliphatic carbocycles. The zero-order valence-electron chi connectivity index (χ0n) is 11.1. The first-order valence-corrected chi connectivity index (χ1v) is 6.21. The number of nitrogens with zero attached hydrogens (tertiary/aromatic N) is 3. The van der Waals surface area contributed by atoms with Gasteiger partial charge in [0.2, 0.25) is 0 Å². The van der Waals surface area contributed by atoms with Gasteiger partial charge in [-0.3, -0.25) is 4.98 Å². The molecule has 2 heterocycles. The molecule has 3 rings (SSSR count). The maximum absolute atomic E-state index is 12.5. The Morgan fingerprint density at radius 3 is 2.36 bits per heavy atom. The van der Waals surface area contributed by atoms with Gasteiger partial charge < -0.3 is 11.5 Å². The number of nitrogens with two attached hydrogens (primary N) is 2. The van der Waals surface area contributed by atoms with Crippen molar-refractivity contribution >= 4 is 22.4 Å². The quantitative estimate of drug-likeness (QED) is 0.675. The van der Waals surface area contributed by atoms with Crippen LogP contribution >= 0.6 is 0 Å². The molecule has 1 aromatic carbocycles. The van der Waals surface area contributed by atoms with Crippen molar-refractivity contribution in [1.82, 2.24) is 15.0 Å². The number of aromatic nitrogens is 3. The van der Waals surface area contributed by atoms with E-state index in [2.05, 4.69) is 15.0 Å². The minimum Gasteiger partial charge on any atom is -0.397 e. The summed E-state index contributed by atoms with van der Waals surface area (Å²) in [6, 6.07) is 7.21. The van der Waals surface area contributed by atoms with Crippen molar-refractivity contribution in [2.24, 2.45) is 0 Å². The van der Waals surface area contributed by atoms with E-state index in [-0.39, 0.29) is 11.6 Å². The summed E-state index contributed by atoms with van der Waals surface area (Å²) in [5, 5.41) is 0.587. The Kier molecular flexibility index (Phi) is 3.09. The summed E-state index contributed by atoms with van der Waals surface area (Å²) in [6.07, 6.45) is -3.44. The number of alkyl halides is 3. The van der Waals surface area contributed by atoms with E-state index < -0.39 is 11.9 Å². The molecule has 5 nitrogen and oxygen atoms in total. The number of anilines is 2. The van der Waals surface area contributed by atoms with E-state index in [1.165, 1.54) is 6.07 Å². The Bertz CT molecular complexity index is 843. The van der Waals surface area contributed by atoms with Crippen molar-refractivity contribution in [2.45, 2.75) is 6.18 Å². The highest BCUT2D eigenvalue weighted by molar-refractivity contribution is 5.96. The molecule has 0 aliphatic heterocycles. The lowest BCUT2D eigenvalue weighted by molar-refractivity contribution is -0.141. The van der Waals surface area contributed by atoms with Crippen molar-refractivity contribution in [1.29, 1.82) is 0 Å². The molecular formula is C14H10F3N5. The van der Waals surface area contributed by atoms with Gasteiger partial charge in [0.15, 0.2) is 5.82 Å². The topological polar surface area (TPSA) is 90.7 Å². The summed E-state index contributed by atoms with van der Waals surface area (Å²) < 4.78 is 37.6. The fourth-order valence-corrected chi connectivity index (χ4v) is 2.02. The second kappa shape index (κ2) is 4.83. The van der Waals surface area contributed by atoms with Gasteiger partial charge in [-0.2, -0.15) is 13.2 Å². The number of nitrogen functional groups attached to an aromatic ring is 2. The largest absolute Gasteiger partial charge is 0.433 e. The number of halogens is 3. The number of para-hydroxylation sites is 1. The van der Waals surface area contributed by atoms with Gasteiger partial charge in [0.05, 0.1) is 11.2 Å². The summed E-state index contributed by atoms with van der Waals surface area (Å²) in [5.74, 6) is 0.372. The molecule has 112 valence electrons. The summed E-state index contributed by atoms with van der Waals surface area (Å²) in [4.78, 5) is 11.7. The van der Waals surface area contributed by atoms with Crippen LogP contribution in [0.5, 0.6) is 0 Å². The van der Waals surface area contributed by atoms with Crippen LogP contribution in [0, 0.1) is 0 Å². The Morgan fingerprint density at radius 1 is 0.955 bits per heavy atom. The monoisotopic (exact) mass is 305 g/mol. The number of pyridine rings is 1. The van der Waals surface area contributed by atoms with Gasteiger partial charge in [-0.15, -0.1) is 0 Å². The summed E-state index contributed by atoms with van der Waals surface area (Å²) in [6.45, 7) is 0. The zero-order chi connectivity index (χ0) is 15.9. The lowest BCUT2D eigenvalue weighted by atomic mass is 10.2. The summed E-state index contributed by atoms with van der Waals surface area (Å²) >= 11 is 0. The smallest absolute Gasteiger partial charge is 0.397 e. The maximum atomic E-state index is 12.5. The first kappa shape index (κ1) is 14.1. The van der Waals surface area contributed by atoms with Crippen LogP contribution in [0.15, 0.2) is 36.5 Å². The van der Waals surface area contributed by atoms with Crippen LogP contribution in [-0.2, 0) is 6.18 Å². The Balaban J connectivity index is 2.12. The number of benzene rings is 1. The molecule has 0 unspecified atom stereocenters. The Labute approximate surface area is 122 Å². The first-order chi connectivity index (χ1) is 10.4. The molecular weight excluding hydrogens is 295 g/mol. The molecule has 0 amide bonds. The Morgan fingerprint density at radius 2 is 1.73 bits per heavy atom. The van der Waals surface area contributed by atoms with E-state index >= 15 is 0 Å². The number of fused-ring (bicyclic) bond motifs is 1. The van der Waals surface area contributed by atoms with E-state index in [0.717, 1.165) is 12.3 Å². The molecule has 4 N–H and O–H groups in total. The lowest BCUT2D eigenvalue weighted by Crippen LogP contribution is -2.07. The normalized spacial score (nSPS) is 11.8. The SMILES string of the molecule is Nc1nc(-c2ccc(C(F)(F)F)nc2)nc2c(N)cccc12. The molecule has 2 aromatic heterocycles. The molecule has 3 aromatic rings. The third-order valence-corrected chi connectivity index (χ3v) is 3.10. The van der Waals surface area contributed by atoms with Gasteiger partial charge in [0.1, 0.15) is 11.5 Å². The van der Waals surface area contributed by atoms with Crippen molar-refractivity contribution in [3.05, 3.63) is 42.2 Å². The van der Waals surface area contributed by atoms with Crippen molar-refractivity contribution in [2.75, 3.05) is 11.5 Å². The van der Waals surface area contributed by atoms with E-state index in [4.69, 9.17) is 11.5 Å². The summed E-state index contributed by atoms with van der Waals surface area (Å²) in [5.41, 5.74) is 11.9. The number of hydrogen-bond donors (Lipinski definition) is 2.